The molecule has 0 aliphatic carbocycles. The van der Waals surface area contributed by atoms with Crippen molar-refractivity contribution in [3.05, 3.63) is 41.5 Å². The number of amides is 1. The van der Waals surface area contributed by atoms with Gasteiger partial charge >= 0.3 is 12.1 Å². The van der Waals surface area contributed by atoms with Gasteiger partial charge in [0, 0.05) is 0 Å². The first kappa shape index (κ1) is 13.7. The molecular weight excluding hydrogens is 270 g/mol. The first-order chi connectivity index (χ1) is 10.2. The Balaban J connectivity index is 2.10. The highest BCUT2D eigenvalue weighted by molar-refractivity contribution is 6.03. The second kappa shape index (κ2) is 5.24. The summed E-state index contributed by atoms with van der Waals surface area (Å²) in [5.41, 5.74) is 2.44. The topological polar surface area (TPSA) is 55.8 Å². The molecule has 0 radical (unpaired) electrons. The lowest BCUT2D eigenvalue weighted by molar-refractivity contribution is -0.136. The minimum atomic E-state index is -0.394. The molecule has 2 heterocycles. The maximum absolute atomic E-state index is 12.2. The van der Waals surface area contributed by atoms with Crippen LogP contribution in [0.2, 0.25) is 0 Å². The third-order valence-corrected chi connectivity index (χ3v) is 4.22. The summed E-state index contributed by atoms with van der Waals surface area (Å²) in [4.78, 5) is 25.9. The monoisotopic (exact) mass is 287 g/mol. The fraction of sp³-hybridized carbons (Fsp3) is 0.375. The van der Waals surface area contributed by atoms with Gasteiger partial charge in [-0.3, -0.25) is 4.90 Å². The van der Waals surface area contributed by atoms with Crippen molar-refractivity contribution < 1.29 is 19.1 Å². The Morgan fingerprint density at radius 1 is 1.05 bits per heavy atom. The molecule has 110 valence electrons. The van der Waals surface area contributed by atoms with Gasteiger partial charge < -0.3 is 9.47 Å². The van der Waals surface area contributed by atoms with Gasteiger partial charge in [0.2, 0.25) is 0 Å². The summed E-state index contributed by atoms with van der Waals surface area (Å²) >= 11 is 0. The molecule has 2 bridgehead atoms. The van der Waals surface area contributed by atoms with E-state index < -0.39 is 6.09 Å². The molecule has 0 aromatic heterocycles. The number of nitrogens with zero attached hydrogens (tertiary/aromatic N) is 1. The van der Waals surface area contributed by atoms with Gasteiger partial charge in [0.1, 0.15) is 0 Å². The molecule has 2 atom stereocenters. The Bertz CT molecular complexity index is 608. The Hall–Kier alpha value is -2.30. The quantitative estimate of drug-likeness (QED) is 0.783. The highest BCUT2D eigenvalue weighted by Gasteiger charge is 2.51. The fourth-order valence-corrected chi connectivity index (χ4v) is 3.42. The second-order valence-electron chi connectivity index (χ2n) is 5.17. The van der Waals surface area contributed by atoms with E-state index >= 15 is 0 Å². The first-order valence-corrected chi connectivity index (χ1v) is 6.93. The lowest BCUT2D eigenvalue weighted by Gasteiger charge is -2.22. The van der Waals surface area contributed by atoms with Crippen LogP contribution in [-0.2, 0) is 14.3 Å². The zero-order valence-corrected chi connectivity index (χ0v) is 12.0. The normalized spacial score (nSPS) is 23.4. The third kappa shape index (κ3) is 2.00. The first-order valence-electron chi connectivity index (χ1n) is 6.93. The van der Waals surface area contributed by atoms with Crippen molar-refractivity contribution in [2.45, 2.75) is 24.9 Å². The average molecular weight is 287 g/mol. The Kier molecular flexibility index (Phi) is 3.41. The summed E-state index contributed by atoms with van der Waals surface area (Å²) in [6.07, 6.45) is 1.21. The number of carbonyl (C=O) groups excluding carboxylic acids is 2. The van der Waals surface area contributed by atoms with E-state index in [0.717, 1.165) is 24.0 Å². The molecule has 1 fully saturated rings. The SMILES string of the molecule is COC(=O)C1=C(c2ccccc2)[C@@H]2CC[C@H]1N2C(=O)OC. The average Bonchev–Trinajstić information content (AvgIpc) is 3.10. The molecule has 5 nitrogen and oxygen atoms in total. The molecule has 1 aromatic carbocycles. The van der Waals surface area contributed by atoms with E-state index in [0.29, 0.717) is 5.57 Å². The van der Waals surface area contributed by atoms with Crippen LogP contribution in [-0.4, -0.2) is 43.3 Å². The van der Waals surface area contributed by atoms with Crippen LogP contribution in [0.25, 0.3) is 5.57 Å². The van der Waals surface area contributed by atoms with Crippen LogP contribution in [0.3, 0.4) is 0 Å². The van der Waals surface area contributed by atoms with Crippen molar-refractivity contribution in [2.75, 3.05) is 14.2 Å². The number of carbonyl (C=O) groups is 2. The van der Waals surface area contributed by atoms with Crippen molar-refractivity contribution in [1.82, 2.24) is 4.90 Å². The largest absolute Gasteiger partial charge is 0.466 e. The van der Waals surface area contributed by atoms with Crippen molar-refractivity contribution in [1.29, 1.82) is 0 Å². The Labute approximate surface area is 123 Å². The molecule has 1 amide bonds. The van der Waals surface area contributed by atoms with Crippen molar-refractivity contribution in [3.63, 3.8) is 0 Å². The lowest BCUT2D eigenvalue weighted by Crippen LogP contribution is -2.37. The van der Waals surface area contributed by atoms with Crippen LogP contribution in [0.5, 0.6) is 0 Å². The van der Waals surface area contributed by atoms with Crippen LogP contribution in [0.1, 0.15) is 18.4 Å². The maximum atomic E-state index is 12.2. The van der Waals surface area contributed by atoms with Gasteiger partial charge in [-0.2, -0.15) is 0 Å². The molecule has 3 rings (SSSR count). The summed E-state index contributed by atoms with van der Waals surface area (Å²) in [6.45, 7) is 0. The molecule has 21 heavy (non-hydrogen) atoms. The van der Waals surface area contributed by atoms with Gasteiger partial charge in [-0.05, 0) is 24.0 Å². The highest BCUT2D eigenvalue weighted by atomic mass is 16.5. The molecule has 0 saturated carbocycles. The van der Waals surface area contributed by atoms with Gasteiger partial charge in [0.25, 0.3) is 0 Å². The van der Waals surface area contributed by atoms with E-state index in [2.05, 4.69) is 0 Å². The Morgan fingerprint density at radius 2 is 1.71 bits per heavy atom. The summed E-state index contributed by atoms with van der Waals surface area (Å²) in [5, 5.41) is 0. The second-order valence-corrected chi connectivity index (χ2v) is 5.17. The van der Waals surface area contributed by atoms with Crippen LogP contribution < -0.4 is 0 Å². The molecule has 2 aliphatic heterocycles. The van der Waals surface area contributed by atoms with Gasteiger partial charge in [0.15, 0.2) is 0 Å². The molecule has 1 saturated heterocycles. The van der Waals surface area contributed by atoms with Crippen molar-refractivity contribution in [2.24, 2.45) is 0 Å². The van der Waals surface area contributed by atoms with Gasteiger partial charge in [-0.1, -0.05) is 30.3 Å². The van der Waals surface area contributed by atoms with E-state index in [-0.39, 0.29) is 18.1 Å². The summed E-state index contributed by atoms with van der Waals surface area (Å²) in [6, 6.07) is 9.32. The molecule has 0 unspecified atom stereocenters. The maximum Gasteiger partial charge on any atom is 0.410 e. The minimum absolute atomic E-state index is 0.112. The summed E-state index contributed by atoms with van der Waals surface area (Å²) in [7, 11) is 2.73. The molecular formula is C16H17NO4. The van der Waals surface area contributed by atoms with Gasteiger partial charge in [-0.15, -0.1) is 0 Å². The van der Waals surface area contributed by atoms with Crippen molar-refractivity contribution in [3.8, 4) is 0 Å². The molecule has 2 aliphatic rings. The predicted molar refractivity (Wildman–Crippen MR) is 76.4 cm³/mol. The lowest BCUT2D eigenvalue weighted by atomic mass is 9.87. The number of hydrogen-bond donors (Lipinski definition) is 0. The third-order valence-electron chi connectivity index (χ3n) is 4.22. The highest BCUT2D eigenvalue weighted by Crippen LogP contribution is 2.46. The number of methoxy groups -OCH3 is 2. The van der Waals surface area contributed by atoms with E-state index in [1.807, 2.05) is 30.3 Å². The van der Waals surface area contributed by atoms with E-state index in [9.17, 15) is 9.59 Å². The van der Waals surface area contributed by atoms with Crippen LogP contribution in [0.4, 0.5) is 4.79 Å². The molecule has 0 N–H and O–H groups in total. The number of hydrogen-bond acceptors (Lipinski definition) is 4. The molecule has 5 heteroatoms. The minimum Gasteiger partial charge on any atom is -0.466 e. The van der Waals surface area contributed by atoms with Gasteiger partial charge in [0.05, 0.1) is 31.9 Å². The zero-order chi connectivity index (χ0) is 15.0. The number of fused-ring (bicyclic) bond motifs is 2. The van der Waals surface area contributed by atoms with E-state index in [1.54, 1.807) is 4.90 Å². The standard InChI is InChI=1S/C16H17NO4/c1-20-15(18)14-12-9-8-11(17(12)16(19)21-2)13(14)10-6-4-3-5-7-10/h3-7,11-12H,8-9H2,1-2H3/t11-,12+/m0/s1. The number of rotatable bonds is 2. The van der Waals surface area contributed by atoms with Crippen LogP contribution in [0.15, 0.2) is 35.9 Å². The van der Waals surface area contributed by atoms with Gasteiger partial charge in [-0.25, -0.2) is 9.59 Å². The smallest absolute Gasteiger partial charge is 0.410 e. The molecule has 1 aromatic rings. The fourth-order valence-electron chi connectivity index (χ4n) is 3.42. The molecule has 0 spiro atoms. The summed E-state index contributed by atoms with van der Waals surface area (Å²) < 4.78 is 9.79. The number of ether oxygens (including phenoxy) is 2. The van der Waals surface area contributed by atoms with Crippen LogP contribution >= 0.6 is 0 Å². The zero-order valence-electron chi connectivity index (χ0n) is 12.0. The van der Waals surface area contributed by atoms with Crippen molar-refractivity contribution >= 4 is 17.6 Å². The summed E-state index contributed by atoms with van der Waals surface area (Å²) in [5.74, 6) is -0.366. The number of esters is 1. The van der Waals surface area contributed by atoms with E-state index in [4.69, 9.17) is 9.47 Å². The Morgan fingerprint density at radius 3 is 2.33 bits per heavy atom. The number of benzene rings is 1. The van der Waals surface area contributed by atoms with Crippen LogP contribution in [0, 0.1) is 0 Å². The predicted octanol–water partition coefficient (Wildman–Crippen LogP) is 2.23. The van der Waals surface area contributed by atoms with E-state index in [1.165, 1.54) is 14.2 Å².